The minimum absolute atomic E-state index is 0.0859. The molecule has 3 N–H and O–H groups in total. The molecule has 2 unspecified atom stereocenters. The minimum Gasteiger partial charge on any atom is -0.480 e. The summed E-state index contributed by atoms with van der Waals surface area (Å²) in [4.78, 5) is 24.2. The average Bonchev–Trinajstić information content (AvgIpc) is 3.36. The van der Waals surface area contributed by atoms with Gasteiger partial charge in [-0.2, -0.15) is 4.72 Å². The second kappa shape index (κ2) is 12.1. The molecule has 2 aliphatic rings. The van der Waals surface area contributed by atoms with E-state index in [-0.39, 0.29) is 32.0 Å². The molecule has 1 aliphatic heterocycles. The zero-order valence-electron chi connectivity index (χ0n) is 20.6. The van der Waals surface area contributed by atoms with Crippen molar-refractivity contribution in [3.05, 3.63) is 82.4 Å². The van der Waals surface area contributed by atoms with Crippen LogP contribution in [0, 0.1) is 0 Å². The van der Waals surface area contributed by atoms with Crippen molar-refractivity contribution in [1.29, 1.82) is 0 Å². The topological polar surface area (TPSA) is 131 Å². The summed E-state index contributed by atoms with van der Waals surface area (Å²) in [5, 5.41) is 12.6. The summed E-state index contributed by atoms with van der Waals surface area (Å²) in [6.07, 6.45) is 8.12. The van der Waals surface area contributed by atoms with Gasteiger partial charge >= 0.3 is 5.97 Å². The van der Waals surface area contributed by atoms with E-state index < -0.39 is 26.8 Å². The quantitative estimate of drug-likeness (QED) is 0.314. The standard InChI is InChI=1S/C27H29BrN2O7S/c28-21-10-8-20(9-11-21)27(13-3-1-4-14-27)38(34,35)30-22(26(32)33)6-2-5-15-29-25(31)17-19-7-12-23-24(16-19)37-18-36-23/h1,3-4,7-13,16,22,30H,2,5-6,14-15,17-18H2,(H,29,31)(H,32,33). The second-order valence-electron chi connectivity index (χ2n) is 9.11. The first-order valence-electron chi connectivity index (χ1n) is 12.2. The number of hydrogen-bond acceptors (Lipinski definition) is 6. The third-order valence-electron chi connectivity index (χ3n) is 6.49. The molecule has 1 amide bonds. The van der Waals surface area contributed by atoms with E-state index in [1.165, 1.54) is 0 Å². The number of nitrogens with one attached hydrogen (secondary N) is 2. The van der Waals surface area contributed by atoms with Crippen molar-refractivity contribution in [1.82, 2.24) is 10.0 Å². The fourth-order valence-electron chi connectivity index (χ4n) is 4.43. The predicted molar refractivity (Wildman–Crippen MR) is 145 cm³/mol. The Kier molecular flexibility index (Phi) is 8.91. The maximum atomic E-state index is 13.6. The summed E-state index contributed by atoms with van der Waals surface area (Å²) < 4.78 is 39.6. The number of ether oxygens (including phenoxy) is 2. The van der Waals surface area contributed by atoms with Gasteiger partial charge in [-0.05, 0) is 61.1 Å². The number of carbonyl (C=O) groups is 2. The van der Waals surface area contributed by atoms with E-state index in [0.717, 1.165) is 10.0 Å². The lowest BCUT2D eigenvalue weighted by Crippen LogP contribution is -2.49. The Bertz CT molecular complexity index is 1340. The van der Waals surface area contributed by atoms with Gasteiger partial charge in [0.05, 0.1) is 6.42 Å². The number of unbranched alkanes of at least 4 members (excludes halogenated alkanes) is 1. The van der Waals surface area contributed by atoms with Crippen molar-refractivity contribution in [3.63, 3.8) is 0 Å². The molecular formula is C27H29BrN2O7S. The first kappa shape index (κ1) is 27.9. The molecular weight excluding hydrogens is 576 g/mol. The lowest BCUT2D eigenvalue weighted by molar-refractivity contribution is -0.139. The molecule has 2 atom stereocenters. The van der Waals surface area contributed by atoms with Gasteiger partial charge in [-0.25, -0.2) is 8.42 Å². The first-order valence-corrected chi connectivity index (χ1v) is 14.5. The smallest absolute Gasteiger partial charge is 0.321 e. The fourth-order valence-corrected chi connectivity index (χ4v) is 6.51. The van der Waals surface area contributed by atoms with Gasteiger partial charge in [-0.1, -0.05) is 58.4 Å². The highest BCUT2D eigenvalue weighted by Gasteiger charge is 2.44. The SMILES string of the molecule is O=C(Cc1ccc2c(c1)OCO2)NCCCCC(NS(=O)(=O)C1(c2ccc(Br)cc2)C=CC=CC1)C(=O)O. The fraction of sp³-hybridized carbons (Fsp3) is 0.333. The Balaban J connectivity index is 1.30. The highest BCUT2D eigenvalue weighted by molar-refractivity contribution is 9.10. The van der Waals surface area contributed by atoms with Crippen LogP contribution in [0.5, 0.6) is 11.5 Å². The van der Waals surface area contributed by atoms with Crippen LogP contribution in [0.3, 0.4) is 0 Å². The maximum Gasteiger partial charge on any atom is 0.321 e. The molecule has 0 radical (unpaired) electrons. The summed E-state index contributed by atoms with van der Waals surface area (Å²) in [5.74, 6) is -0.162. The van der Waals surface area contributed by atoms with Crippen LogP contribution in [0.15, 0.2) is 71.2 Å². The number of fused-ring (bicyclic) bond motifs is 1. The Morgan fingerprint density at radius 3 is 2.53 bits per heavy atom. The highest BCUT2D eigenvalue weighted by Crippen LogP contribution is 2.38. The van der Waals surface area contributed by atoms with Gasteiger partial charge in [0.25, 0.3) is 0 Å². The van der Waals surface area contributed by atoms with E-state index in [0.29, 0.717) is 36.4 Å². The van der Waals surface area contributed by atoms with Gasteiger partial charge < -0.3 is 19.9 Å². The van der Waals surface area contributed by atoms with E-state index in [1.807, 2.05) is 0 Å². The van der Waals surface area contributed by atoms with Crippen molar-refractivity contribution < 1.29 is 32.6 Å². The molecule has 0 fully saturated rings. The van der Waals surface area contributed by atoms with Crippen LogP contribution >= 0.6 is 15.9 Å². The van der Waals surface area contributed by atoms with Crippen LogP contribution < -0.4 is 19.5 Å². The number of carboxylic acid groups (broad SMARTS) is 1. The molecule has 2 aromatic rings. The number of allylic oxidation sites excluding steroid dienone is 3. The molecule has 0 saturated carbocycles. The van der Waals surface area contributed by atoms with E-state index in [1.54, 1.807) is 66.8 Å². The van der Waals surface area contributed by atoms with Gasteiger partial charge in [0.1, 0.15) is 10.8 Å². The molecule has 38 heavy (non-hydrogen) atoms. The van der Waals surface area contributed by atoms with Gasteiger partial charge in [0.2, 0.25) is 22.7 Å². The molecule has 4 rings (SSSR count). The Morgan fingerprint density at radius 1 is 1.05 bits per heavy atom. The zero-order valence-corrected chi connectivity index (χ0v) is 23.0. The molecule has 2 aromatic carbocycles. The zero-order chi connectivity index (χ0) is 27.2. The third kappa shape index (κ3) is 6.46. The van der Waals surface area contributed by atoms with Crippen LogP contribution in [-0.2, 0) is 30.8 Å². The van der Waals surface area contributed by atoms with Gasteiger partial charge in [0.15, 0.2) is 11.5 Å². The molecule has 202 valence electrons. The van der Waals surface area contributed by atoms with Crippen molar-refractivity contribution in [3.8, 4) is 11.5 Å². The maximum absolute atomic E-state index is 13.6. The number of amides is 1. The van der Waals surface area contributed by atoms with Gasteiger partial charge in [-0.3, -0.25) is 9.59 Å². The van der Waals surface area contributed by atoms with E-state index in [9.17, 15) is 23.1 Å². The van der Waals surface area contributed by atoms with Crippen molar-refractivity contribution in [2.24, 2.45) is 0 Å². The van der Waals surface area contributed by atoms with Crippen LogP contribution in [0.25, 0.3) is 0 Å². The molecule has 0 saturated heterocycles. The number of sulfonamides is 1. The van der Waals surface area contributed by atoms with Crippen LogP contribution in [0.2, 0.25) is 0 Å². The number of carboxylic acids is 1. The highest BCUT2D eigenvalue weighted by atomic mass is 79.9. The summed E-state index contributed by atoms with van der Waals surface area (Å²) in [6.45, 7) is 0.510. The van der Waals surface area contributed by atoms with E-state index in [4.69, 9.17) is 9.47 Å². The molecule has 9 nitrogen and oxygen atoms in total. The summed E-state index contributed by atoms with van der Waals surface area (Å²) >= 11 is 3.36. The minimum atomic E-state index is -4.12. The number of halogens is 1. The van der Waals surface area contributed by atoms with Crippen LogP contribution in [-0.4, -0.2) is 44.8 Å². The first-order chi connectivity index (χ1) is 18.2. The molecule has 1 aliphatic carbocycles. The molecule has 11 heteroatoms. The molecule has 0 spiro atoms. The van der Waals surface area contributed by atoms with Crippen LogP contribution in [0.4, 0.5) is 0 Å². The normalized spacial score (nSPS) is 18.8. The molecule has 0 aromatic heterocycles. The Morgan fingerprint density at radius 2 is 1.82 bits per heavy atom. The number of hydrogen-bond donors (Lipinski definition) is 3. The third-order valence-corrected chi connectivity index (χ3v) is 9.11. The van der Waals surface area contributed by atoms with Crippen LogP contribution in [0.1, 0.15) is 36.8 Å². The van der Waals surface area contributed by atoms with Crippen molar-refractivity contribution in [2.45, 2.75) is 42.9 Å². The monoisotopic (exact) mass is 604 g/mol. The number of benzene rings is 2. The molecule has 0 bridgehead atoms. The number of aliphatic carboxylic acids is 1. The lowest BCUT2D eigenvalue weighted by atomic mass is 9.91. The lowest BCUT2D eigenvalue weighted by Gasteiger charge is -2.33. The van der Waals surface area contributed by atoms with Crippen molar-refractivity contribution in [2.75, 3.05) is 13.3 Å². The largest absolute Gasteiger partial charge is 0.480 e. The number of carbonyl (C=O) groups excluding carboxylic acids is 1. The van der Waals surface area contributed by atoms with Crippen molar-refractivity contribution >= 4 is 37.8 Å². The van der Waals surface area contributed by atoms with Gasteiger partial charge in [0, 0.05) is 11.0 Å². The Hall–Kier alpha value is -3.15. The summed E-state index contributed by atoms with van der Waals surface area (Å²) in [6, 6.07) is 11.0. The number of rotatable bonds is 12. The van der Waals surface area contributed by atoms with Gasteiger partial charge in [-0.15, -0.1) is 0 Å². The van der Waals surface area contributed by atoms with E-state index >= 15 is 0 Å². The summed E-state index contributed by atoms with van der Waals surface area (Å²) in [5.41, 5.74) is 1.33. The average molecular weight is 606 g/mol. The predicted octanol–water partition coefficient (Wildman–Crippen LogP) is 3.79. The summed E-state index contributed by atoms with van der Waals surface area (Å²) in [7, 11) is -4.12. The Labute approximate surface area is 230 Å². The molecule has 1 heterocycles. The second-order valence-corrected chi connectivity index (χ2v) is 12.0. The van der Waals surface area contributed by atoms with E-state index in [2.05, 4.69) is 26.0 Å².